The summed E-state index contributed by atoms with van der Waals surface area (Å²) in [7, 11) is 0. The summed E-state index contributed by atoms with van der Waals surface area (Å²) in [4.78, 5) is 12.1. The molecule has 0 aliphatic rings. The van der Waals surface area contributed by atoms with E-state index in [9.17, 15) is 4.79 Å². The molecule has 0 bridgehead atoms. The third-order valence-corrected chi connectivity index (χ3v) is 4.07. The molecule has 0 heterocycles. The monoisotopic (exact) mass is 307 g/mol. The van der Waals surface area contributed by atoms with Gasteiger partial charge in [0.1, 0.15) is 0 Å². The molecular weight excluding hydrogens is 282 g/mol. The molecule has 1 amide bonds. The fraction of sp³-hybridized carbons (Fsp3) is 0.286. The highest BCUT2D eigenvalue weighted by atomic mass is 16.1. The molecule has 0 fully saturated rings. The van der Waals surface area contributed by atoms with Crippen molar-refractivity contribution >= 4 is 17.7 Å². The van der Waals surface area contributed by atoms with E-state index in [1.54, 1.807) is 6.08 Å². The van der Waals surface area contributed by atoms with Crippen LogP contribution in [0.3, 0.4) is 0 Å². The molecule has 2 aromatic carbocycles. The SMILES string of the molecule is Cc1cccc(NC(=O)/C=C/c2ccc(C(C)(C)C)cc2)c1C. The number of hydrogen-bond acceptors (Lipinski definition) is 1. The van der Waals surface area contributed by atoms with Crippen LogP contribution in [-0.2, 0) is 10.2 Å². The molecule has 0 aliphatic heterocycles. The lowest BCUT2D eigenvalue weighted by molar-refractivity contribution is -0.111. The van der Waals surface area contributed by atoms with E-state index in [-0.39, 0.29) is 11.3 Å². The number of hydrogen-bond donors (Lipinski definition) is 1. The van der Waals surface area contributed by atoms with Crippen LogP contribution in [0, 0.1) is 13.8 Å². The fourth-order valence-corrected chi connectivity index (χ4v) is 2.33. The van der Waals surface area contributed by atoms with Gasteiger partial charge in [0.25, 0.3) is 0 Å². The van der Waals surface area contributed by atoms with Crippen LogP contribution in [0.25, 0.3) is 6.08 Å². The maximum atomic E-state index is 12.1. The zero-order valence-corrected chi connectivity index (χ0v) is 14.6. The van der Waals surface area contributed by atoms with Crippen LogP contribution >= 0.6 is 0 Å². The molecule has 2 heteroatoms. The molecule has 0 unspecified atom stereocenters. The fourth-order valence-electron chi connectivity index (χ4n) is 2.33. The topological polar surface area (TPSA) is 29.1 Å². The van der Waals surface area contributed by atoms with E-state index in [0.29, 0.717) is 0 Å². The molecule has 2 aromatic rings. The molecule has 2 nitrogen and oxygen atoms in total. The number of amides is 1. The molecule has 0 spiro atoms. The van der Waals surface area contributed by atoms with Crippen molar-refractivity contribution in [1.29, 1.82) is 0 Å². The quantitative estimate of drug-likeness (QED) is 0.771. The number of rotatable bonds is 3. The van der Waals surface area contributed by atoms with E-state index in [0.717, 1.165) is 16.8 Å². The van der Waals surface area contributed by atoms with Crippen LogP contribution in [0.2, 0.25) is 0 Å². The zero-order chi connectivity index (χ0) is 17.0. The minimum absolute atomic E-state index is 0.112. The number of aryl methyl sites for hydroxylation is 1. The molecule has 0 atom stereocenters. The van der Waals surface area contributed by atoms with Crippen LogP contribution in [0.15, 0.2) is 48.5 Å². The second-order valence-electron chi connectivity index (χ2n) is 6.94. The first kappa shape index (κ1) is 17.0. The van der Waals surface area contributed by atoms with Crippen molar-refractivity contribution in [3.63, 3.8) is 0 Å². The van der Waals surface area contributed by atoms with E-state index < -0.39 is 0 Å². The van der Waals surface area contributed by atoms with Gasteiger partial charge in [-0.15, -0.1) is 0 Å². The summed E-state index contributed by atoms with van der Waals surface area (Å²) < 4.78 is 0. The maximum Gasteiger partial charge on any atom is 0.248 e. The summed E-state index contributed by atoms with van der Waals surface area (Å²) in [6.07, 6.45) is 3.42. The van der Waals surface area contributed by atoms with Gasteiger partial charge in [-0.05, 0) is 53.7 Å². The lowest BCUT2D eigenvalue weighted by atomic mass is 9.87. The molecule has 23 heavy (non-hydrogen) atoms. The van der Waals surface area contributed by atoms with Crippen LogP contribution < -0.4 is 5.32 Å². The average Bonchev–Trinajstić information content (AvgIpc) is 2.49. The van der Waals surface area contributed by atoms with E-state index in [1.165, 1.54) is 11.1 Å². The van der Waals surface area contributed by atoms with Gasteiger partial charge in [-0.3, -0.25) is 4.79 Å². The highest BCUT2D eigenvalue weighted by molar-refractivity contribution is 6.02. The average molecular weight is 307 g/mol. The molecule has 0 aliphatic carbocycles. The number of carbonyl (C=O) groups is 1. The summed E-state index contributed by atoms with van der Waals surface area (Å²) in [6.45, 7) is 10.6. The molecule has 0 saturated carbocycles. The van der Waals surface area contributed by atoms with Crippen molar-refractivity contribution < 1.29 is 4.79 Å². The minimum atomic E-state index is -0.112. The molecular formula is C21H25NO. The van der Waals surface area contributed by atoms with E-state index >= 15 is 0 Å². The minimum Gasteiger partial charge on any atom is -0.322 e. The van der Waals surface area contributed by atoms with Gasteiger partial charge in [0.2, 0.25) is 5.91 Å². The maximum absolute atomic E-state index is 12.1. The normalized spacial score (nSPS) is 11.7. The number of anilines is 1. The number of benzene rings is 2. The van der Waals surface area contributed by atoms with E-state index in [2.05, 4.69) is 38.2 Å². The summed E-state index contributed by atoms with van der Waals surface area (Å²) in [5, 5.41) is 2.93. The Bertz CT molecular complexity index is 718. The smallest absolute Gasteiger partial charge is 0.248 e. The Labute approximate surface area is 139 Å². The van der Waals surface area contributed by atoms with Gasteiger partial charge in [0.15, 0.2) is 0 Å². The van der Waals surface area contributed by atoms with Crippen LogP contribution in [0.1, 0.15) is 43.0 Å². The van der Waals surface area contributed by atoms with Gasteiger partial charge in [-0.1, -0.05) is 57.2 Å². The predicted octanol–water partition coefficient (Wildman–Crippen LogP) is 5.25. The van der Waals surface area contributed by atoms with E-state index in [1.807, 2.05) is 50.3 Å². The summed E-state index contributed by atoms with van der Waals surface area (Å²) in [5.74, 6) is -0.112. The predicted molar refractivity (Wildman–Crippen MR) is 98.7 cm³/mol. The number of nitrogens with one attached hydrogen (secondary N) is 1. The second-order valence-corrected chi connectivity index (χ2v) is 6.94. The second kappa shape index (κ2) is 6.82. The van der Waals surface area contributed by atoms with E-state index in [4.69, 9.17) is 0 Å². The lowest BCUT2D eigenvalue weighted by Gasteiger charge is -2.18. The molecule has 120 valence electrons. The Hall–Kier alpha value is -2.35. The highest BCUT2D eigenvalue weighted by Gasteiger charge is 2.12. The van der Waals surface area contributed by atoms with Crippen LogP contribution in [-0.4, -0.2) is 5.91 Å². The first-order chi connectivity index (χ1) is 10.8. The van der Waals surface area contributed by atoms with Gasteiger partial charge in [0, 0.05) is 11.8 Å². The Morgan fingerprint density at radius 3 is 2.26 bits per heavy atom. The van der Waals surface area contributed by atoms with Crippen LogP contribution in [0.4, 0.5) is 5.69 Å². The van der Waals surface area contributed by atoms with Crippen molar-refractivity contribution in [1.82, 2.24) is 0 Å². The van der Waals surface area contributed by atoms with Crippen molar-refractivity contribution in [3.8, 4) is 0 Å². The molecule has 1 N–H and O–H groups in total. The van der Waals surface area contributed by atoms with Crippen molar-refractivity contribution in [2.45, 2.75) is 40.0 Å². The van der Waals surface area contributed by atoms with Gasteiger partial charge in [0.05, 0.1) is 0 Å². The Kier molecular flexibility index (Phi) is 5.05. The lowest BCUT2D eigenvalue weighted by Crippen LogP contribution is -2.10. The molecule has 0 radical (unpaired) electrons. The third-order valence-electron chi connectivity index (χ3n) is 4.07. The van der Waals surface area contributed by atoms with Gasteiger partial charge in [-0.25, -0.2) is 0 Å². The Morgan fingerprint density at radius 1 is 1.00 bits per heavy atom. The van der Waals surface area contributed by atoms with Gasteiger partial charge < -0.3 is 5.32 Å². The Balaban J connectivity index is 2.05. The first-order valence-corrected chi connectivity index (χ1v) is 7.93. The standard InChI is InChI=1S/C21H25NO/c1-15-7-6-8-19(16(15)2)22-20(23)14-11-17-9-12-18(13-10-17)21(3,4)5/h6-14H,1-5H3,(H,22,23)/b14-11+. The summed E-state index contributed by atoms with van der Waals surface area (Å²) in [6, 6.07) is 14.2. The van der Waals surface area contributed by atoms with Crippen molar-refractivity contribution in [3.05, 3.63) is 70.8 Å². The Morgan fingerprint density at radius 2 is 1.65 bits per heavy atom. The summed E-state index contributed by atoms with van der Waals surface area (Å²) >= 11 is 0. The van der Waals surface area contributed by atoms with Crippen LogP contribution in [0.5, 0.6) is 0 Å². The molecule has 0 saturated heterocycles. The third kappa shape index (κ3) is 4.56. The highest BCUT2D eigenvalue weighted by Crippen LogP contribution is 2.22. The number of carbonyl (C=O) groups excluding carboxylic acids is 1. The van der Waals surface area contributed by atoms with Crippen molar-refractivity contribution in [2.75, 3.05) is 5.32 Å². The summed E-state index contributed by atoms with van der Waals surface area (Å²) in [5.41, 5.74) is 5.59. The zero-order valence-electron chi connectivity index (χ0n) is 14.6. The largest absolute Gasteiger partial charge is 0.322 e. The first-order valence-electron chi connectivity index (χ1n) is 7.93. The van der Waals surface area contributed by atoms with Crippen molar-refractivity contribution in [2.24, 2.45) is 0 Å². The van der Waals surface area contributed by atoms with Gasteiger partial charge in [-0.2, -0.15) is 0 Å². The molecule has 0 aromatic heterocycles. The van der Waals surface area contributed by atoms with Gasteiger partial charge >= 0.3 is 0 Å². The molecule has 2 rings (SSSR count).